The number of benzene rings is 1. The van der Waals surface area contributed by atoms with Crippen molar-refractivity contribution in [3.8, 4) is 0 Å². The van der Waals surface area contributed by atoms with Gasteiger partial charge < -0.3 is 9.47 Å². The summed E-state index contributed by atoms with van der Waals surface area (Å²) >= 11 is 0. The van der Waals surface area contributed by atoms with E-state index in [9.17, 15) is 0 Å². The molecule has 0 saturated heterocycles. The monoisotopic (exact) mass is 267 g/mol. The van der Waals surface area contributed by atoms with E-state index in [1.54, 1.807) is 0 Å². The van der Waals surface area contributed by atoms with E-state index in [1.807, 2.05) is 6.20 Å². The molecular formula is C17H17NO2. The maximum absolute atomic E-state index is 6.08. The number of rotatable bonds is 1. The zero-order valence-electron chi connectivity index (χ0n) is 11.3. The lowest BCUT2D eigenvalue weighted by Gasteiger charge is -2.35. The second-order valence-electron chi connectivity index (χ2n) is 5.56. The van der Waals surface area contributed by atoms with E-state index in [1.165, 1.54) is 17.5 Å². The zero-order chi connectivity index (χ0) is 13.4. The van der Waals surface area contributed by atoms with Gasteiger partial charge in [-0.1, -0.05) is 30.3 Å². The molecule has 20 heavy (non-hydrogen) atoms. The molecule has 0 amide bonds. The van der Waals surface area contributed by atoms with Gasteiger partial charge in [0.05, 0.1) is 12.2 Å². The minimum Gasteiger partial charge on any atom is -0.492 e. The van der Waals surface area contributed by atoms with Crippen LogP contribution in [0.3, 0.4) is 0 Å². The van der Waals surface area contributed by atoms with Crippen LogP contribution >= 0.6 is 0 Å². The quantitative estimate of drug-likeness (QED) is 0.779. The number of hydrogen-bond donors (Lipinski definition) is 0. The Morgan fingerprint density at radius 1 is 1.15 bits per heavy atom. The average Bonchev–Trinajstić information content (AvgIpc) is 2.55. The number of fused-ring (bicyclic) bond motifs is 2. The molecule has 0 aromatic heterocycles. The molecule has 2 aliphatic heterocycles. The van der Waals surface area contributed by atoms with Crippen LogP contribution in [0.15, 0.2) is 58.4 Å². The summed E-state index contributed by atoms with van der Waals surface area (Å²) in [6, 6.07) is 10.6. The summed E-state index contributed by atoms with van der Waals surface area (Å²) in [5.41, 5.74) is 3.92. The van der Waals surface area contributed by atoms with Gasteiger partial charge in [-0.25, -0.2) is 4.99 Å². The highest BCUT2D eigenvalue weighted by molar-refractivity contribution is 5.54. The van der Waals surface area contributed by atoms with Crippen LogP contribution in [-0.4, -0.2) is 19.1 Å². The molecule has 4 rings (SSSR count). The van der Waals surface area contributed by atoms with Crippen molar-refractivity contribution in [1.29, 1.82) is 0 Å². The Morgan fingerprint density at radius 2 is 2.05 bits per heavy atom. The number of aliphatic imine (C=N–C) groups is 1. The second kappa shape index (κ2) is 4.82. The predicted octanol–water partition coefficient (Wildman–Crippen LogP) is 3.55. The number of ether oxygens (including phenoxy) is 2. The second-order valence-corrected chi connectivity index (χ2v) is 5.56. The molecule has 0 bridgehead atoms. The van der Waals surface area contributed by atoms with Crippen LogP contribution in [-0.2, 0) is 9.47 Å². The van der Waals surface area contributed by atoms with Crippen molar-refractivity contribution in [2.75, 3.05) is 6.61 Å². The molecule has 0 N–H and O–H groups in total. The first-order valence-corrected chi connectivity index (χ1v) is 7.19. The Kier molecular flexibility index (Phi) is 2.84. The fraction of sp³-hybridized carbons (Fsp3) is 0.353. The van der Waals surface area contributed by atoms with E-state index in [0.717, 1.165) is 37.2 Å². The minimum atomic E-state index is 0.138. The maximum atomic E-state index is 6.08. The highest BCUT2D eigenvalue weighted by Crippen LogP contribution is 2.41. The lowest BCUT2D eigenvalue weighted by molar-refractivity contribution is 0.136. The van der Waals surface area contributed by atoms with Crippen LogP contribution < -0.4 is 0 Å². The summed E-state index contributed by atoms with van der Waals surface area (Å²) in [5, 5.41) is 0. The SMILES string of the molecule is C1=NC=C2C3=C(CCC2O1)CC(c1ccccc1)CO3. The molecule has 0 spiro atoms. The highest BCUT2D eigenvalue weighted by Gasteiger charge is 2.34. The molecule has 0 fully saturated rings. The van der Waals surface area contributed by atoms with Crippen LogP contribution in [0, 0.1) is 0 Å². The molecule has 2 atom stereocenters. The van der Waals surface area contributed by atoms with Crippen LogP contribution in [0.4, 0.5) is 0 Å². The summed E-state index contributed by atoms with van der Waals surface area (Å²) in [6.07, 6.45) is 6.75. The number of nitrogens with zero attached hydrogens (tertiary/aromatic N) is 1. The molecule has 3 heteroatoms. The highest BCUT2D eigenvalue weighted by atomic mass is 16.5. The van der Waals surface area contributed by atoms with Crippen molar-refractivity contribution < 1.29 is 9.47 Å². The lowest BCUT2D eigenvalue weighted by Crippen LogP contribution is -2.29. The van der Waals surface area contributed by atoms with Crippen molar-refractivity contribution in [1.82, 2.24) is 0 Å². The van der Waals surface area contributed by atoms with Crippen LogP contribution in [0.25, 0.3) is 0 Å². The third-order valence-corrected chi connectivity index (χ3v) is 4.33. The summed E-state index contributed by atoms with van der Waals surface area (Å²) in [7, 11) is 0. The Bertz CT molecular complexity index is 601. The maximum Gasteiger partial charge on any atom is 0.174 e. The number of allylic oxidation sites excluding steroid dienone is 1. The van der Waals surface area contributed by atoms with E-state index >= 15 is 0 Å². The fourth-order valence-electron chi connectivity index (χ4n) is 3.29. The predicted molar refractivity (Wildman–Crippen MR) is 77.5 cm³/mol. The van der Waals surface area contributed by atoms with Gasteiger partial charge in [-0.15, -0.1) is 0 Å². The molecule has 0 radical (unpaired) electrons. The van der Waals surface area contributed by atoms with Crippen LogP contribution in [0.1, 0.15) is 30.7 Å². The summed E-state index contributed by atoms with van der Waals surface area (Å²) in [6.45, 7) is 0.747. The normalized spacial score (nSPS) is 27.9. The van der Waals surface area contributed by atoms with Gasteiger partial charge in [0.1, 0.15) is 11.9 Å². The van der Waals surface area contributed by atoms with E-state index in [0.29, 0.717) is 5.92 Å². The molecular weight excluding hydrogens is 250 g/mol. The third-order valence-electron chi connectivity index (χ3n) is 4.33. The third kappa shape index (κ3) is 1.94. The van der Waals surface area contributed by atoms with Crippen molar-refractivity contribution in [3.63, 3.8) is 0 Å². The first kappa shape index (κ1) is 11.8. The minimum absolute atomic E-state index is 0.138. The van der Waals surface area contributed by atoms with Gasteiger partial charge in [-0.05, 0) is 30.4 Å². The molecule has 3 nitrogen and oxygen atoms in total. The van der Waals surface area contributed by atoms with Gasteiger partial charge in [0.15, 0.2) is 6.40 Å². The Morgan fingerprint density at radius 3 is 2.95 bits per heavy atom. The van der Waals surface area contributed by atoms with Crippen LogP contribution in [0.2, 0.25) is 0 Å². The van der Waals surface area contributed by atoms with E-state index < -0.39 is 0 Å². The first-order chi connectivity index (χ1) is 9.92. The molecule has 3 aliphatic rings. The van der Waals surface area contributed by atoms with E-state index in [2.05, 4.69) is 35.3 Å². The largest absolute Gasteiger partial charge is 0.492 e. The molecule has 102 valence electrons. The van der Waals surface area contributed by atoms with Crippen LogP contribution in [0.5, 0.6) is 0 Å². The zero-order valence-corrected chi connectivity index (χ0v) is 11.3. The van der Waals surface area contributed by atoms with Gasteiger partial charge >= 0.3 is 0 Å². The summed E-state index contributed by atoms with van der Waals surface area (Å²) in [4.78, 5) is 4.11. The molecule has 2 unspecified atom stereocenters. The summed E-state index contributed by atoms with van der Waals surface area (Å²) in [5.74, 6) is 1.52. The fourth-order valence-corrected chi connectivity index (χ4v) is 3.29. The first-order valence-electron chi connectivity index (χ1n) is 7.19. The lowest BCUT2D eigenvalue weighted by atomic mass is 9.82. The van der Waals surface area contributed by atoms with Gasteiger partial charge in [-0.2, -0.15) is 0 Å². The topological polar surface area (TPSA) is 30.8 Å². The van der Waals surface area contributed by atoms with Gasteiger partial charge in [0.25, 0.3) is 0 Å². The molecule has 2 heterocycles. The van der Waals surface area contributed by atoms with Crippen molar-refractivity contribution in [2.45, 2.75) is 31.3 Å². The smallest absolute Gasteiger partial charge is 0.174 e. The Labute approximate surface area is 118 Å². The Balaban J connectivity index is 1.63. The van der Waals surface area contributed by atoms with Crippen molar-refractivity contribution in [3.05, 3.63) is 59.0 Å². The van der Waals surface area contributed by atoms with Gasteiger partial charge in [0.2, 0.25) is 0 Å². The molecule has 1 aliphatic carbocycles. The average molecular weight is 267 g/mol. The summed E-state index contributed by atoms with van der Waals surface area (Å²) < 4.78 is 11.6. The molecule has 0 saturated carbocycles. The number of hydrogen-bond acceptors (Lipinski definition) is 3. The molecule has 1 aromatic carbocycles. The van der Waals surface area contributed by atoms with Gasteiger partial charge in [-0.3, -0.25) is 0 Å². The van der Waals surface area contributed by atoms with Crippen molar-refractivity contribution >= 4 is 6.40 Å². The van der Waals surface area contributed by atoms with E-state index in [-0.39, 0.29) is 6.10 Å². The van der Waals surface area contributed by atoms with E-state index in [4.69, 9.17) is 9.47 Å². The van der Waals surface area contributed by atoms with Gasteiger partial charge in [0, 0.05) is 12.1 Å². The molecule has 1 aromatic rings. The van der Waals surface area contributed by atoms with Crippen molar-refractivity contribution in [2.24, 2.45) is 4.99 Å². The standard InChI is InChI=1S/C17H17NO2/c1-2-4-12(5-3-1)14-8-13-6-7-16-15(9-18-11-20-16)17(13)19-10-14/h1-5,9,11,14,16H,6-8,10H2. The Hall–Kier alpha value is -2.03.